The molecule has 144 valence electrons. The van der Waals surface area contributed by atoms with Crippen LogP contribution in [0.5, 0.6) is 11.5 Å². The quantitative estimate of drug-likeness (QED) is 0.568. The molecule has 0 aliphatic rings. The summed E-state index contributed by atoms with van der Waals surface area (Å²) in [6.07, 6.45) is 0. The predicted octanol–water partition coefficient (Wildman–Crippen LogP) is 4.71. The Hall–Kier alpha value is -3.47. The number of hydrogen-bond acceptors (Lipinski definition) is 4. The first kappa shape index (κ1) is 19.3. The predicted molar refractivity (Wildman–Crippen MR) is 112 cm³/mol. The minimum Gasteiger partial charge on any atom is -0.494 e. The van der Waals surface area contributed by atoms with Crippen molar-refractivity contribution in [2.45, 2.75) is 13.5 Å². The zero-order valence-corrected chi connectivity index (χ0v) is 15.9. The minimum absolute atomic E-state index is 0.125. The van der Waals surface area contributed by atoms with Gasteiger partial charge in [0.25, 0.3) is 0 Å². The van der Waals surface area contributed by atoms with E-state index in [2.05, 4.69) is 10.6 Å². The van der Waals surface area contributed by atoms with Crippen LogP contribution in [-0.2, 0) is 11.4 Å². The first-order valence-corrected chi connectivity index (χ1v) is 9.26. The van der Waals surface area contributed by atoms with E-state index in [1.54, 1.807) is 0 Å². The highest BCUT2D eigenvalue weighted by molar-refractivity contribution is 5.93. The lowest BCUT2D eigenvalue weighted by atomic mass is 10.2. The molecule has 1 amide bonds. The van der Waals surface area contributed by atoms with Gasteiger partial charge in [0.2, 0.25) is 5.91 Å². The molecular formula is C23H24N2O3. The van der Waals surface area contributed by atoms with Crippen molar-refractivity contribution in [3.8, 4) is 11.5 Å². The Morgan fingerprint density at radius 1 is 0.821 bits per heavy atom. The zero-order chi connectivity index (χ0) is 19.6. The third kappa shape index (κ3) is 6.06. The summed E-state index contributed by atoms with van der Waals surface area (Å²) in [7, 11) is 0. The molecule has 0 bridgehead atoms. The van der Waals surface area contributed by atoms with Crippen LogP contribution in [0.4, 0.5) is 11.4 Å². The Morgan fingerprint density at radius 3 is 2.36 bits per heavy atom. The van der Waals surface area contributed by atoms with Crippen molar-refractivity contribution in [1.82, 2.24) is 0 Å². The Kier molecular flexibility index (Phi) is 6.90. The van der Waals surface area contributed by atoms with Crippen molar-refractivity contribution in [3.63, 3.8) is 0 Å². The second-order valence-electron chi connectivity index (χ2n) is 6.16. The van der Waals surface area contributed by atoms with E-state index in [0.29, 0.717) is 13.2 Å². The molecule has 3 aromatic carbocycles. The molecule has 0 heterocycles. The summed E-state index contributed by atoms with van der Waals surface area (Å²) in [5.74, 6) is 1.41. The topological polar surface area (TPSA) is 59.6 Å². The van der Waals surface area contributed by atoms with Crippen LogP contribution in [0.3, 0.4) is 0 Å². The van der Waals surface area contributed by atoms with E-state index in [4.69, 9.17) is 9.47 Å². The van der Waals surface area contributed by atoms with Crippen molar-refractivity contribution in [3.05, 3.63) is 84.4 Å². The highest BCUT2D eigenvalue weighted by atomic mass is 16.5. The van der Waals surface area contributed by atoms with E-state index in [0.717, 1.165) is 28.4 Å². The summed E-state index contributed by atoms with van der Waals surface area (Å²) in [6.45, 7) is 3.21. The summed E-state index contributed by atoms with van der Waals surface area (Å²) < 4.78 is 11.2. The Bertz CT molecular complexity index is 880. The third-order valence-corrected chi connectivity index (χ3v) is 3.98. The largest absolute Gasteiger partial charge is 0.494 e. The zero-order valence-electron chi connectivity index (χ0n) is 15.9. The molecule has 0 aromatic heterocycles. The fourth-order valence-electron chi connectivity index (χ4n) is 2.63. The van der Waals surface area contributed by atoms with Crippen molar-refractivity contribution < 1.29 is 14.3 Å². The van der Waals surface area contributed by atoms with Crippen molar-refractivity contribution in [2.24, 2.45) is 0 Å². The van der Waals surface area contributed by atoms with Gasteiger partial charge in [0.05, 0.1) is 13.2 Å². The average Bonchev–Trinajstić information content (AvgIpc) is 2.73. The van der Waals surface area contributed by atoms with Gasteiger partial charge in [0, 0.05) is 17.4 Å². The number of rotatable bonds is 9. The summed E-state index contributed by atoms with van der Waals surface area (Å²) in [5.41, 5.74) is 2.66. The molecule has 0 saturated heterocycles. The van der Waals surface area contributed by atoms with E-state index in [9.17, 15) is 4.79 Å². The number of anilines is 2. The second kappa shape index (κ2) is 10.0. The molecule has 2 N–H and O–H groups in total. The van der Waals surface area contributed by atoms with Crippen LogP contribution in [0.2, 0.25) is 0 Å². The summed E-state index contributed by atoms with van der Waals surface area (Å²) in [4.78, 5) is 12.2. The molecule has 0 atom stereocenters. The molecular weight excluding hydrogens is 352 g/mol. The van der Waals surface area contributed by atoms with Crippen LogP contribution < -0.4 is 20.1 Å². The smallest absolute Gasteiger partial charge is 0.243 e. The highest BCUT2D eigenvalue weighted by Gasteiger charge is 2.04. The average molecular weight is 376 g/mol. The van der Waals surface area contributed by atoms with Gasteiger partial charge in [-0.1, -0.05) is 36.4 Å². The van der Waals surface area contributed by atoms with Gasteiger partial charge in [-0.25, -0.2) is 0 Å². The van der Waals surface area contributed by atoms with Crippen LogP contribution >= 0.6 is 0 Å². The number of carbonyl (C=O) groups excluding carboxylic acids is 1. The fraction of sp³-hybridized carbons (Fsp3) is 0.174. The summed E-state index contributed by atoms with van der Waals surface area (Å²) >= 11 is 0. The van der Waals surface area contributed by atoms with E-state index >= 15 is 0 Å². The SMILES string of the molecule is CCOc1ccc(NC(=O)CNc2cccc(OCc3ccccc3)c2)cc1. The first-order chi connectivity index (χ1) is 13.7. The number of ether oxygens (including phenoxy) is 2. The molecule has 0 unspecified atom stereocenters. The Morgan fingerprint density at radius 2 is 1.61 bits per heavy atom. The molecule has 0 saturated carbocycles. The molecule has 3 aromatic rings. The summed E-state index contributed by atoms with van der Waals surface area (Å²) in [6, 6.07) is 24.9. The van der Waals surface area contributed by atoms with Gasteiger partial charge in [0.15, 0.2) is 0 Å². The normalized spacial score (nSPS) is 10.2. The number of benzene rings is 3. The van der Waals surface area contributed by atoms with Crippen molar-refractivity contribution >= 4 is 17.3 Å². The molecule has 3 rings (SSSR count). The molecule has 0 radical (unpaired) electrons. The van der Waals surface area contributed by atoms with Gasteiger partial charge in [0.1, 0.15) is 18.1 Å². The van der Waals surface area contributed by atoms with E-state index in [1.165, 1.54) is 0 Å². The lowest BCUT2D eigenvalue weighted by Crippen LogP contribution is -2.21. The molecule has 0 fully saturated rings. The second-order valence-corrected chi connectivity index (χ2v) is 6.16. The van der Waals surface area contributed by atoms with Crippen LogP contribution in [0.15, 0.2) is 78.9 Å². The lowest BCUT2D eigenvalue weighted by molar-refractivity contribution is -0.114. The van der Waals surface area contributed by atoms with Gasteiger partial charge < -0.3 is 20.1 Å². The van der Waals surface area contributed by atoms with Crippen LogP contribution in [-0.4, -0.2) is 19.1 Å². The van der Waals surface area contributed by atoms with Gasteiger partial charge in [-0.05, 0) is 48.9 Å². The van der Waals surface area contributed by atoms with E-state index in [1.807, 2.05) is 85.8 Å². The monoisotopic (exact) mass is 376 g/mol. The number of hydrogen-bond donors (Lipinski definition) is 2. The van der Waals surface area contributed by atoms with Crippen LogP contribution in [0, 0.1) is 0 Å². The van der Waals surface area contributed by atoms with E-state index in [-0.39, 0.29) is 12.5 Å². The van der Waals surface area contributed by atoms with Crippen molar-refractivity contribution in [2.75, 3.05) is 23.8 Å². The molecule has 5 heteroatoms. The van der Waals surface area contributed by atoms with Gasteiger partial charge in [-0.2, -0.15) is 0 Å². The minimum atomic E-state index is -0.125. The number of carbonyl (C=O) groups is 1. The first-order valence-electron chi connectivity index (χ1n) is 9.26. The maximum Gasteiger partial charge on any atom is 0.243 e. The van der Waals surface area contributed by atoms with Crippen LogP contribution in [0.1, 0.15) is 12.5 Å². The fourth-order valence-corrected chi connectivity index (χ4v) is 2.63. The van der Waals surface area contributed by atoms with Gasteiger partial charge in [-0.15, -0.1) is 0 Å². The highest BCUT2D eigenvalue weighted by Crippen LogP contribution is 2.19. The number of nitrogens with one attached hydrogen (secondary N) is 2. The lowest BCUT2D eigenvalue weighted by Gasteiger charge is -2.11. The Balaban J connectivity index is 1.47. The molecule has 0 aliphatic carbocycles. The van der Waals surface area contributed by atoms with Gasteiger partial charge >= 0.3 is 0 Å². The standard InChI is InChI=1S/C23H24N2O3/c1-2-27-21-13-11-19(12-14-21)25-23(26)16-24-20-9-6-10-22(15-20)28-17-18-7-4-3-5-8-18/h3-15,24H,2,16-17H2,1H3,(H,25,26). The van der Waals surface area contributed by atoms with Gasteiger partial charge in [-0.3, -0.25) is 4.79 Å². The van der Waals surface area contributed by atoms with Crippen molar-refractivity contribution in [1.29, 1.82) is 0 Å². The number of amides is 1. The maximum absolute atomic E-state index is 12.2. The van der Waals surface area contributed by atoms with Crippen LogP contribution in [0.25, 0.3) is 0 Å². The molecule has 0 aliphatic heterocycles. The third-order valence-electron chi connectivity index (χ3n) is 3.98. The molecule has 28 heavy (non-hydrogen) atoms. The maximum atomic E-state index is 12.2. The molecule has 0 spiro atoms. The Labute approximate surface area is 165 Å². The van der Waals surface area contributed by atoms with E-state index < -0.39 is 0 Å². The molecule has 5 nitrogen and oxygen atoms in total. The summed E-state index contributed by atoms with van der Waals surface area (Å²) in [5, 5.41) is 5.97.